The van der Waals surface area contributed by atoms with Crippen molar-refractivity contribution in [3.63, 3.8) is 0 Å². The Morgan fingerprint density at radius 2 is 1.65 bits per heavy atom. The molecule has 1 unspecified atom stereocenters. The van der Waals surface area contributed by atoms with Crippen molar-refractivity contribution in [2.24, 2.45) is 0 Å². The van der Waals surface area contributed by atoms with Gasteiger partial charge in [-0.1, -0.05) is 48.5 Å². The molecular formula is C31H31N3O6. The molecule has 40 heavy (non-hydrogen) atoms. The van der Waals surface area contributed by atoms with E-state index in [0.717, 1.165) is 28.3 Å². The van der Waals surface area contributed by atoms with Gasteiger partial charge in [0.25, 0.3) is 0 Å². The number of rotatable bonds is 9. The summed E-state index contributed by atoms with van der Waals surface area (Å²) in [5.74, 6) is 1.46. The number of para-hydroxylation sites is 1. The van der Waals surface area contributed by atoms with Crippen LogP contribution in [0.3, 0.4) is 0 Å². The third-order valence-corrected chi connectivity index (χ3v) is 6.78. The molecule has 1 aliphatic rings. The first-order valence-electron chi connectivity index (χ1n) is 13.2. The summed E-state index contributed by atoms with van der Waals surface area (Å²) in [5, 5.41) is 9.78. The van der Waals surface area contributed by atoms with Crippen molar-refractivity contribution in [1.29, 1.82) is 0 Å². The van der Waals surface area contributed by atoms with Gasteiger partial charge in [0.05, 0.1) is 12.3 Å². The van der Waals surface area contributed by atoms with Gasteiger partial charge in [0.2, 0.25) is 5.89 Å². The second kappa shape index (κ2) is 12.5. The molecule has 1 N–H and O–H groups in total. The second-order valence-corrected chi connectivity index (χ2v) is 9.59. The molecule has 1 aromatic heterocycles. The van der Waals surface area contributed by atoms with Gasteiger partial charge in [-0.15, -0.1) is 0 Å². The Balaban J connectivity index is 1.11. The van der Waals surface area contributed by atoms with E-state index in [1.54, 1.807) is 24.3 Å². The molecule has 1 amide bonds. The predicted molar refractivity (Wildman–Crippen MR) is 148 cm³/mol. The summed E-state index contributed by atoms with van der Waals surface area (Å²) in [6.07, 6.45) is -0.0332. The number of nitrogens with zero attached hydrogens (tertiary/aromatic N) is 3. The minimum atomic E-state index is -1.06. The Bertz CT molecular complexity index is 1420. The van der Waals surface area contributed by atoms with Crippen molar-refractivity contribution in [2.45, 2.75) is 25.9 Å². The molecule has 1 fully saturated rings. The first-order valence-corrected chi connectivity index (χ1v) is 13.2. The van der Waals surface area contributed by atoms with E-state index in [4.69, 9.17) is 13.9 Å². The van der Waals surface area contributed by atoms with E-state index in [9.17, 15) is 14.7 Å². The van der Waals surface area contributed by atoms with Crippen molar-refractivity contribution in [1.82, 2.24) is 14.8 Å². The van der Waals surface area contributed by atoms with Gasteiger partial charge < -0.3 is 19.0 Å². The number of ether oxygens (including phenoxy) is 2. The average Bonchev–Trinajstić information content (AvgIpc) is 3.35. The van der Waals surface area contributed by atoms with Crippen LogP contribution >= 0.6 is 0 Å². The lowest BCUT2D eigenvalue weighted by Crippen LogP contribution is -2.58. The number of carbonyl (C=O) groups excluding carboxylic acids is 1. The van der Waals surface area contributed by atoms with Crippen LogP contribution in [0.5, 0.6) is 11.5 Å². The lowest BCUT2D eigenvalue weighted by atomic mass is 10.1. The lowest BCUT2D eigenvalue weighted by Gasteiger charge is -2.38. The highest BCUT2D eigenvalue weighted by Gasteiger charge is 2.36. The first-order chi connectivity index (χ1) is 19.5. The van der Waals surface area contributed by atoms with Gasteiger partial charge in [-0.2, -0.15) is 0 Å². The number of aromatic nitrogens is 1. The molecule has 1 atom stereocenters. The minimum Gasteiger partial charge on any atom is -0.493 e. The monoisotopic (exact) mass is 541 g/mol. The fourth-order valence-electron chi connectivity index (χ4n) is 4.64. The van der Waals surface area contributed by atoms with E-state index < -0.39 is 18.1 Å². The average molecular weight is 542 g/mol. The third-order valence-electron chi connectivity index (χ3n) is 6.78. The summed E-state index contributed by atoms with van der Waals surface area (Å²) in [5.41, 5.74) is 2.84. The summed E-state index contributed by atoms with van der Waals surface area (Å²) in [7, 11) is 0. The van der Waals surface area contributed by atoms with E-state index >= 15 is 0 Å². The number of hydrogen-bond acceptors (Lipinski definition) is 7. The molecule has 1 saturated heterocycles. The van der Waals surface area contributed by atoms with E-state index in [1.807, 2.05) is 72.5 Å². The van der Waals surface area contributed by atoms with Gasteiger partial charge in [-0.25, -0.2) is 14.6 Å². The standard InChI is InChI=1S/C31H31N3O6/c1-22-27(32-29(39-22)24-8-4-2-5-9-24)16-19-38-25-14-12-23(13-15-25)20-33-17-18-34(28(21-33)30(35)36)31(37)40-26-10-6-3-7-11-26/h2-15,28H,16-21H2,1H3,(H,35,36). The molecule has 2 heterocycles. The molecule has 9 nitrogen and oxygen atoms in total. The Hall–Kier alpha value is -4.63. The van der Waals surface area contributed by atoms with E-state index in [1.165, 1.54) is 4.90 Å². The number of benzene rings is 3. The summed E-state index contributed by atoms with van der Waals surface area (Å²) in [6, 6.07) is 25.2. The molecule has 9 heteroatoms. The number of oxazole rings is 1. The van der Waals surface area contributed by atoms with Gasteiger partial charge >= 0.3 is 12.1 Å². The summed E-state index contributed by atoms with van der Waals surface area (Å²) in [6.45, 7) is 3.93. The topological polar surface area (TPSA) is 105 Å². The van der Waals surface area contributed by atoms with Gasteiger partial charge in [0.1, 0.15) is 23.3 Å². The van der Waals surface area contributed by atoms with Crippen LogP contribution in [0.4, 0.5) is 4.79 Å². The summed E-state index contributed by atoms with van der Waals surface area (Å²) >= 11 is 0. The number of aliphatic carboxylic acids is 1. The molecule has 1 aliphatic heterocycles. The van der Waals surface area contributed by atoms with Gasteiger partial charge in [-0.05, 0) is 48.9 Å². The zero-order chi connectivity index (χ0) is 27.9. The molecule has 4 aromatic rings. The van der Waals surface area contributed by atoms with Crippen molar-refractivity contribution in [2.75, 3.05) is 26.2 Å². The molecule has 0 aliphatic carbocycles. The number of carboxylic acid groups (broad SMARTS) is 1. The smallest absolute Gasteiger partial charge is 0.416 e. The number of hydrogen-bond donors (Lipinski definition) is 1. The Morgan fingerprint density at radius 1 is 0.950 bits per heavy atom. The Morgan fingerprint density at radius 3 is 2.35 bits per heavy atom. The maximum absolute atomic E-state index is 12.6. The molecular weight excluding hydrogens is 510 g/mol. The lowest BCUT2D eigenvalue weighted by molar-refractivity contribution is -0.144. The van der Waals surface area contributed by atoms with Crippen LogP contribution in [0.25, 0.3) is 11.5 Å². The minimum absolute atomic E-state index is 0.208. The third kappa shape index (κ3) is 6.68. The van der Waals surface area contributed by atoms with Crippen LogP contribution in [0, 0.1) is 6.92 Å². The molecule has 3 aromatic carbocycles. The van der Waals surface area contributed by atoms with Crippen LogP contribution in [-0.2, 0) is 17.8 Å². The molecule has 0 bridgehead atoms. The molecule has 5 rings (SSSR count). The molecule has 206 valence electrons. The summed E-state index contributed by atoms with van der Waals surface area (Å²) < 4.78 is 17.1. The largest absolute Gasteiger partial charge is 0.493 e. The van der Waals surface area contributed by atoms with Crippen molar-refractivity contribution in [3.05, 3.63) is 102 Å². The SMILES string of the molecule is Cc1oc(-c2ccccc2)nc1CCOc1ccc(CN2CCN(C(=O)Oc3ccccc3)C(C(=O)O)C2)cc1. The van der Waals surface area contributed by atoms with Gasteiger partial charge in [0.15, 0.2) is 0 Å². The van der Waals surface area contributed by atoms with Crippen LogP contribution < -0.4 is 9.47 Å². The summed E-state index contributed by atoms with van der Waals surface area (Å²) in [4.78, 5) is 32.5. The maximum atomic E-state index is 12.6. The maximum Gasteiger partial charge on any atom is 0.416 e. The Kier molecular flexibility index (Phi) is 8.41. The quantitative estimate of drug-likeness (QED) is 0.314. The fourth-order valence-corrected chi connectivity index (χ4v) is 4.64. The number of piperazine rings is 1. The zero-order valence-electron chi connectivity index (χ0n) is 22.2. The van der Waals surface area contributed by atoms with E-state index in [-0.39, 0.29) is 13.1 Å². The number of amides is 1. The fraction of sp³-hybridized carbons (Fsp3) is 0.258. The predicted octanol–water partition coefficient (Wildman–Crippen LogP) is 5.04. The van der Waals surface area contributed by atoms with Crippen molar-refractivity contribution < 1.29 is 28.6 Å². The highest BCUT2D eigenvalue weighted by atomic mass is 16.6. The molecule has 0 saturated carbocycles. The van der Waals surface area contributed by atoms with Crippen molar-refractivity contribution >= 4 is 12.1 Å². The van der Waals surface area contributed by atoms with Gasteiger partial charge in [-0.3, -0.25) is 9.80 Å². The number of carbonyl (C=O) groups is 2. The highest BCUT2D eigenvalue weighted by Crippen LogP contribution is 2.23. The zero-order valence-corrected chi connectivity index (χ0v) is 22.2. The number of carboxylic acids is 1. The van der Waals surface area contributed by atoms with E-state index in [2.05, 4.69) is 4.98 Å². The van der Waals surface area contributed by atoms with Crippen LogP contribution in [0.2, 0.25) is 0 Å². The number of aryl methyl sites for hydroxylation is 1. The normalized spacial score (nSPS) is 15.5. The highest BCUT2D eigenvalue weighted by molar-refractivity contribution is 5.81. The van der Waals surface area contributed by atoms with Crippen LogP contribution in [-0.4, -0.2) is 64.2 Å². The molecule has 0 spiro atoms. The van der Waals surface area contributed by atoms with Crippen LogP contribution in [0.1, 0.15) is 17.0 Å². The Labute approximate surface area is 232 Å². The van der Waals surface area contributed by atoms with Crippen molar-refractivity contribution in [3.8, 4) is 23.0 Å². The second-order valence-electron chi connectivity index (χ2n) is 9.59. The van der Waals surface area contributed by atoms with E-state index in [0.29, 0.717) is 37.8 Å². The van der Waals surface area contributed by atoms with Crippen LogP contribution in [0.15, 0.2) is 89.3 Å². The first kappa shape index (κ1) is 27.0. The molecule has 0 radical (unpaired) electrons. The van der Waals surface area contributed by atoms with Gasteiger partial charge in [0, 0.05) is 38.2 Å².